The third kappa shape index (κ3) is 7.41. The maximum absolute atomic E-state index is 14.2. The molecule has 4 rings (SSSR count). The Morgan fingerprint density at radius 1 is 0.810 bits per heavy atom. The zero-order chi connectivity index (χ0) is 30.3. The van der Waals surface area contributed by atoms with E-state index in [1.807, 2.05) is 50.2 Å². The summed E-state index contributed by atoms with van der Waals surface area (Å²) in [5, 5.41) is 2.64. The first-order chi connectivity index (χ1) is 20.1. The quantitative estimate of drug-likeness (QED) is 0.267. The highest BCUT2D eigenvalue weighted by atomic mass is 32.2. The Labute approximate surface area is 246 Å². The Kier molecular flexibility index (Phi) is 9.75. The fourth-order valence-corrected chi connectivity index (χ4v) is 6.06. The number of amides is 2. The molecule has 0 aliphatic rings. The minimum atomic E-state index is -4.17. The van der Waals surface area contributed by atoms with E-state index in [2.05, 4.69) is 5.32 Å². The molecule has 0 saturated heterocycles. The summed E-state index contributed by atoms with van der Waals surface area (Å²) in [7, 11) is -2.68. The highest BCUT2D eigenvalue weighted by Gasteiger charge is 2.34. The molecule has 0 radical (unpaired) electrons. The van der Waals surface area contributed by atoms with E-state index < -0.39 is 40.2 Å². The minimum Gasteiger partial charge on any atom is -0.357 e. The van der Waals surface area contributed by atoms with Crippen molar-refractivity contribution in [3.63, 3.8) is 0 Å². The first-order valence-electron chi connectivity index (χ1n) is 13.5. The average molecular weight is 588 g/mol. The number of nitrogens with zero attached hydrogens (tertiary/aromatic N) is 2. The van der Waals surface area contributed by atoms with E-state index in [-0.39, 0.29) is 17.9 Å². The molecule has 4 aromatic carbocycles. The van der Waals surface area contributed by atoms with E-state index in [0.29, 0.717) is 11.3 Å². The first kappa shape index (κ1) is 30.5. The molecular formula is C33H34FN3O4S. The second kappa shape index (κ2) is 13.4. The van der Waals surface area contributed by atoms with Crippen molar-refractivity contribution in [2.24, 2.45) is 0 Å². The molecule has 0 aromatic heterocycles. The van der Waals surface area contributed by atoms with Crippen molar-refractivity contribution in [3.05, 3.63) is 131 Å². The van der Waals surface area contributed by atoms with E-state index in [4.69, 9.17) is 0 Å². The van der Waals surface area contributed by atoms with Crippen LogP contribution in [0.25, 0.3) is 0 Å². The van der Waals surface area contributed by atoms with Gasteiger partial charge in [0.1, 0.15) is 18.4 Å². The number of hydrogen-bond acceptors (Lipinski definition) is 4. The van der Waals surface area contributed by atoms with Gasteiger partial charge in [0, 0.05) is 20.0 Å². The normalized spacial score (nSPS) is 11.9. The summed E-state index contributed by atoms with van der Waals surface area (Å²) < 4.78 is 42.8. The standard InChI is InChI=1S/C33H34FN3O4S/c1-24-12-18-30(19-13-24)42(40,41)37(29-11-7-8-25(2)20-29)23-32(38)36(22-27-14-16-28(34)17-15-27)31(33(39)35-3)21-26-9-5-4-6-10-26/h4-20,31H,21-23H2,1-3H3,(H,35,39). The van der Waals surface area contributed by atoms with E-state index in [9.17, 15) is 22.4 Å². The van der Waals surface area contributed by atoms with Gasteiger partial charge >= 0.3 is 0 Å². The molecule has 1 atom stereocenters. The Morgan fingerprint density at radius 2 is 1.48 bits per heavy atom. The summed E-state index contributed by atoms with van der Waals surface area (Å²) in [6.45, 7) is 3.11. The number of carbonyl (C=O) groups excluding carboxylic acids is 2. The molecule has 0 fully saturated rings. The predicted molar refractivity (Wildman–Crippen MR) is 162 cm³/mol. The van der Waals surface area contributed by atoms with Gasteiger partial charge in [0.05, 0.1) is 10.6 Å². The number of carbonyl (C=O) groups is 2. The van der Waals surface area contributed by atoms with Gasteiger partial charge in [-0.1, -0.05) is 72.3 Å². The number of hydrogen-bond donors (Lipinski definition) is 1. The molecule has 0 aliphatic carbocycles. The maximum atomic E-state index is 14.2. The van der Waals surface area contributed by atoms with Crippen LogP contribution in [0.3, 0.4) is 0 Å². The highest BCUT2D eigenvalue weighted by molar-refractivity contribution is 7.92. The van der Waals surface area contributed by atoms with Gasteiger partial charge in [-0.15, -0.1) is 0 Å². The number of aryl methyl sites for hydroxylation is 2. The Balaban J connectivity index is 1.78. The molecule has 1 unspecified atom stereocenters. The molecule has 42 heavy (non-hydrogen) atoms. The Bertz CT molecular complexity index is 1630. The van der Waals surface area contributed by atoms with Crippen LogP contribution in [0.1, 0.15) is 22.3 Å². The highest BCUT2D eigenvalue weighted by Crippen LogP contribution is 2.26. The van der Waals surface area contributed by atoms with Crippen molar-refractivity contribution >= 4 is 27.5 Å². The summed E-state index contributed by atoms with van der Waals surface area (Å²) >= 11 is 0. The third-order valence-electron chi connectivity index (χ3n) is 6.96. The van der Waals surface area contributed by atoms with Crippen LogP contribution in [0.2, 0.25) is 0 Å². The van der Waals surface area contributed by atoms with Crippen molar-refractivity contribution in [2.75, 3.05) is 17.9 Å². The number of rotatable bonds is 11. The summed E-state index contributed by atoms with van der Waals surface area (Å²) in [4.78, 5) is 28.9. The van der Waals surface area contributed by atoms with E-state index in [0.717, 1.165) is 21.0 Å². The van der Waals surface area contributed by atoms with E-state index >= 15 is 0 Å². The van der Waals surface area contributed by atoms with Gasteiger partial charge in [-0.25, -0.2) is 12.8 Å². The van der Waals surface area contributed by atoms with Crippen molar-refractivity contribution in [2.45, 2.75) is 37.8 Å². The topological polar surface area (TPSA) is 86.8 Å². The summed E-state index contributed by atoms with van der Waals surface area (Å²) in [5.74, 6) is -1.42. The van der Waals surface area contributed by atoms with E-state index in [1.54, 1.807) is 42.5 Å². The lowest BCUT2D eigenvalue weighted by Crippen LogP contribution is -2.53. The van der Waals surface area contributed by atoms with Gasteiger partial charge < -0.3 is 10.2 Å². The lowest BCUT2D eigenvalue weighted by molar-refractivity contribution is -0.139. The molecular weight excluding hydrogens is 553 g/mol. The van der Waals surface area contributed by atoms with Crippen molar-refractivity contribution in [3.8, 4) is 0 Å². The van der Waals surface area contributed by atoms with Crippen LogP contribution in [0, 0.1) is 19.7 Å². The molecule has 0 heterocycles. The van der Waals surface area contributed by atoms with Crippen LogP contribution < -0.4 is 9.62 Å². The molecule has 4 aromatic rings. The second-order valence-corrected chi connectivity index (χ2v) is 12.0. The average Bonchev–Trinajstić information content (AvgIpc) is 2.98. The smallest absolute Gasteiger partial charge is 0.264 e. The number of benzene rings is 4. The zero-order valence-corrected chi connectivity index (χ0v) is 24.6. The van der Waals surface area contributed by atoms with Crippen molar-refractivity contribution < 1.29 is 22.4 Å². The zero-order valence-electron chi connectivity index (χ0n) is 23.8. The minimum absolute atomic E-state index is 0.0315. The Morgan fingerprint density at radius 3 is 2.10 bits per heavy atom. The fraction of sp³-hybridized carbons (Fsp3) is 0.212. The number of halogens is 1. The first-order valence-corrected chi connectivity index (χ1v) is 15.0. The van der Waals surface area contributed by atoms with Crippen LogP contribution in [-0.2, 0) is 32.6 Å². The van der Waals surface area contributed by atoms with Gasteiger partial charge in [0.15, 0.2) is 0 Å². The van der Waals surface area contributed by atoms with Gasteiger partial charge in [-0.3, -0.25) is 13.9 Å². The number of nitrogens with one attached hydrogen (secondary N) is 1. The number of likely N-dealkylation sites (N-methyl/N-ethyl adjacent to an activating group) is 1. The summed E-state index contributed by atoms with van der Waals surface area (Å²) in [6.07, 6.45) is 0.197. The second-order valence-electron chi connectivity index (χ2n) is 10.1. The molecule has 2 amide bonds. The summed E-state index contributed by atoms with van der Waals surface area (Å²) in [6, 6.07) is 27.3. The van der Waals surface area contributed by atoms with Gasteiger partial charge in [0.25, 0.3) is 10.0 Å². The maximum Gasteiger partial charge on any atom is 0.264 e. The molecule has 0 saturated carbocycles. The van der Waals surface area contributed by atoms with Gasteiger partial charge in [-0.2, -0.15) is 0 Å². The largest absolute Gasteiger partial charge is 0.357 e. The van der Waals surface area contributed by atoms with E-state index in [1.165, 1.54) is 36.2 Å². The fourth-order valence-electron chi connectivity index (χ4n) is 4.66. The SMILES string of the molecule is CNC(=O)C(Cc1ccccc1)N(Cc1ccc(F)cc1)C(=O)CN(c1cccc(C)c1)S(=O)(=O)c1ccc(C)cc1. The summed E-state index contributed by atoms with van der Waals surface area (Å²) in [5.41, 5.74) is 3.46. The van der Waals surface area contributed by atoms with Crippen molar-refractivity contribution in [1.29, 1.82) is 0 Å². The molecule has 7 nitrogen and oxygen atoms in total. The monoisotopic (exact) mass is 587 g/mol. The molecule has 9 heteroatoms. The van der Waals surface area contributed by atoms with Crippen LogP contribution in [0.15, 0.2) is 108 Å². The Hall–Kier alpha value is -4.50. The predicted octanol–water partition coefficient (Wildman–Crippen LogP) is 5.02. The van der Waals surface area contributed by atoms with Gasteiger partial charge in [0.2, 0.25) is 11.8 Å². The number of anilines is 1. The molecule has 1 N–H and O–H groups in total. The van der Waals surface area contributed by atoms with Crippen LogP contribution in [0.5, 0.6) is 0 Å². The van der Waals surface area contributed by atoms with Crippen molar-refractivity contribution in [1.82, 2.24) is 10.2 Å². The molecule has 0 bridgehead atoms. The molecule has 0 aliphatic heterocycles. The lowest BCUT2D eigenvalue weighted by Gasteiger charge is -2.33. The molecule has 0 spiro atoms. The molecule has 218 valence electrons. The third-order valence-corrected chi connectivity index (χ3v) is 8.75. The van der Waals surface area contributed by atoms with Gasteiger partial charge in [-0.05, 0) is 66.9 Å². The number of sulfonamides is 1. The van der Waals surface area contributed by atoms with Crippen LogP contribution in [0.4, 0.5) is 10.1 Å². The lowest BCUT2D eigenvalue weighted by atomic mass is 10.0. The van der Waals surface area contributed by atoms with Crippen LogP contribution >= 0.6 is 0 Å². The van der Waals surface area contributed by atoms with Crippen LogP contribution in [-0.4, -0.2) is 44.8 Å².